The van der Waals surface area contributed by atoms with Crippen LogP contribution in [0.1, 0.15) is 46.0 Å². The normalized spacial score (nSPS) is 24.8. The van der Waals surface area contributed by atoms with Crippen LogP contribution in [0.5, 0.6) is 0 Å². The number of hydrogen-bond acceptors (Lipinski definition) is 4. The Labute approximate surface area is 160 Å². The molecule has 0 bridgehead atoms. The van der Waals surface area contributed by atoms with E-state index in [9.17, 15) is 0 Å². The van der Waals surface area contributed by atoms with Gasteiger partial charge in [0, 0.05) is 58.5 Å². The molecule has 0 amide bonds. The summed E-state index contributed by atoms with van der Waals surface area (Å²) in [6, 6.07) is 0.538. The van der Waals surface area contributed by atoms with Gasteiger partial charge in [-0.15, -0.1) is 0 Å². The second-order valence-corrected chi connectivity index (χ2v) is 8.13. The van der Waals surface area contributed by atoms with Gasteiger partial charge in [-0.05, 0) is 52.6 Å². The van der Waals surface area contributed by atoms with E-state index in [1.165, 1.54) is 25.7 Å². The third-order valence-corrected chi connectivity index (χ3v) is 6.05. The molecule has 1 saturated carbocycles. The lowest BCUT2D eigenvalue weighted by atomic mass is 9.83. The van der Waals surface area contributed by atoms with Crippen LogP contribution in [0.25, 0.3) is 0 Å². The fourth-order valence-electron chi connectivity index (χ4n) is 4.17. The van der Waals surface area contributed by atoms with Crippen LogP contribution in [0.3, 0.4) is 0 Å². The summed E-state index contributed by atoms with van der Waals surface area (Å²) in [5.74, 6) is 0.969. The van der Waals surface area contributed by atoms with Crippen molar-refractivity contribution in [1.82, 2.24) is 20.4 Å². The molecule has 1 heterocycles. The summed E-state index contributed by atoms with van der Waals surface area (Å²) in [6.45, 7) is 12.1. The van der Waals surface area contributed by atoms with Crippen molar-refractivity contribution in [3.63, 3.8) is 0 Å². The fourth-order valence-corrected chi connectivity index (χ4v) is 4.17. The number of piperazine rings is 1. The zero-order valence-corrected chi connectivity index (χ0v) is 17.5. The number of nitrogens with zero attached hydrogens (tertiary/aromatic N) is 3. The first-order valence-electron chi connectivity index (χ1n) is 10.6. The van der Waals surface area contributed by atoms with E-state index in [-0.39, 0.29) is 0 Å². The molecule has 1 aliphatic heterocycles. The van der Waals surface area contributed by atoms with Gasteiger partial charge in [0.05, 0.1) is 0 Å². The maximum Gasteiger partial charge on any atom is 0.191 e. The van der Waals surface area contributed by atoms with Gasteiger partial charge in [0.15, 0.2) is 5.96 Å². The van der Waals surface area contributed by atoms with Crippen molar-refractivity contribution in [3.8, 4) is 0 Å². The molecular weight excluding hydrogens is 326 g/mol. The Morgan fingerprint density at radius 2 is 1.92 bits per heavy atom. The predicted octanol–water partition coefficient (Wildman–Crippen LogP) is 1.77. The number of likely N-dealkylation sites (N-methyl/N-ethyl adjacent to an activating group) is 2. The van der Waals surface area contributed by atoms with Crippen molar-refractivity contribution in [2.75, 3.05) is 66.6 Å². The van der Waals surface area contributed by atoms with Gasteiger partial charge in [-0.3, -0.25) is 9.89 Å². The van der Waals surface area contributed by atoms with E-state index in [4.69, 9.17) is 9.73 Å². The molecule has 1 aliphatic carbocycles. The minimum absolute atomic E-state index is 0.347. The van der Waals surface area contributed by atoms with Crippen molar-refractivity contribution >= 4 is 5.96 Å². The largest absolute Gasteiger partial charge is 0.382 e. The highest BCUT2D eigenvalue weighted by atomic mass is 16.5. The van der Waals surface area contributed by atoms with Crippen molar-refractivity contribution < 1.29 is 4.74 Å². The Hall–Kier alpha value is -0.850. The van der Waals surface area contributed by atoms with Crippen LogP contribution in [0.15, 0.2) is 4.99 Å². The van der Waals surface area contributed by atoms with Crippen LogP contribution >= 0.6 is 0 Å². The van der Waals surface area contributed by atoms with Crippen LogP contribution in [-0.4, -0.2) is 88.4 Å². The highest BCUT2D eigenvalue weighted by molar-refractivity contribution is 5.79. The summed E-state index contributed by atoms with van der Waals surface area (Å²) in [5.41, 5.74) is 0.347. The Bertz CT molecular complexity index is 422. The molecule has 0 spiro atoms. The van der Waals surface area contributed by atoms with E-state index in [1.807, 2.05) is 0 Å². The molecule has 1 unspecified atom stereocenters. The van der Waals surface area contributed by atoms with Gasteiger partial charge < -0.3 is 20.3 Å². The van der Waals surface area contributed by atoms with E-state index in [0.717, 1.165) is 64.9 Å². The van der Waals surface area contributed by atoms with Crippen LogP contribution in [0.4, 0.5) is 0 Å². The standard InChI is InChI=1S/C20H41N5O/c1-5-21-19(22-15-18-16-24(3)12-13-25(18)4)23-17-20(9-7-8-10-20)11-14-26-6-2/h18H,5-17H2,1-4H3,(H2,21,22,23). The number of aliphatic imine (C=N–C) groups is 1. The van der Waals surface area contributed by atoms with Crippen molar-refractivity contribution in [2.45, 2.75) is 52.0 Å². The van der Waals surface area contributed by atoms with Gasteiger partial charge in [-0.25, -0.2) is 0 Å². The average Bonchev–Trinajstić information content (AvgIpc) is 3.09. The molecule has 6 heteroatoms. The Morgan fingerprint density at radius 3 is 2.62 bits per heavy atom. The van der Waals surface area contributed by atoms with Crippen molar-refractivity contribution in [1.29, 1.82) is 0 Å². The molecule has 0 aromatic carbocycles. The molecule has 0 aromatic rings. The lowest BCUT2D eigenvalue weighted by Gasteiger charge is -2.38. The van der Waals surface area contributed by atoms with Crippen LogP contribution in [0.2, 0.25) is 0 Å². The molecule has 0 radical (unpaired) electrons. The Balaban J connectivity index is 1.89. The molecular formula is C20H41N5O. The summed E-state index contributed by atoms with van der Waals surface area (Å²) in [6.07, 6.45) is 6.40. The fraction of sp³-hybridized carbons (Fsp3) is 0.950. The molecule has 2 rings (SSSR count). The number of ether oxygens (including phenoxy) is 1. The molecule has 6 nitrogen and oxygen atoms in total. The van der Waals surface area contributed by atoms with Crippen molar-refractivity contribution in [2.24, 2.45) is 10.4 Å². The van der Waals surface area contributed by atoms with Gasteiger partial charge >= 0.3 is 0 Å². The zero-order chi connectivity index (χ0) is 18.8. The Morgan fingerprint density at radius 1 is 1.15 bits per heavy atom. The SMILES string of the molecule is CCNC(=NCC1(CCOCC)CCCC1)NCC1CN(C)CCN1C. The minimum atomic E-state index is 0.347. The quantitative estimate of drug-likeness (QED) is 0.370. The van der Waals surface area contributed by atoms with E-state index >= 15 is 0 Å². The van der Waals surface area contributed by atoms with Gasteiger partial charge in [0.2, 0.25) is 0 Å². The maximum atomic E-state index is 5.63. The topological polar surface area (TPSA) is 52.1 Å². The smallest absolute Gasteiger partial charge is 0.191 e. The molecule has 26 heavy (non-hydrogen) atoms. The predicted molar refractivity (Wildman–Crippen MR) is 110 cm³/mol. The maximum absolute atomic E-state index is 5.63. The van der Waals surface area contributed by atoms with Gasteiger partial charge in [-0.1, -0.05) is 12.8 Å². The lowest BCUT2D eigenvalue weighted by molar-refractivity contribution is 0.107. The monoisotopic (exact) mass is 367 g/mol. The summed E-state index contributed by atoms with van der Waals surface area (Å²) in [5, 5.41) is 7.02. The number of guanidine groups is 1. The third-order valence-electron chi connectivity index (χ3n) is 6.05. The molecule has 0 aromatic heterocycles. The van der Waals surface area contributed by atoms with E-state index in [1.54, 1.807) is 0 Å². The van der Waals surface area contributed by atoms with Crippen LogP contribution in [0, 0.1) is 5.41 Å². The van der Waals surface area contributed by atoms with E-state index < -0.39 is 0 Å². The van der Waals surface area contributed by atoms with Gasteiger partial charge in [-0.2, -0.15) is 0 Å². The second-order valence-electron chi connectivity index (χ2n) is 8.13. The first kappa shape index (κ1) is 21.5. The van der Waals surface area contributed by atoms with E-state index in [2.05, 4.69) is 48.4 Å². The average molecular weight is 368 g/mol. The summed E-state index contributed by atoms with van der Waals surface area (Å²) >= 11 is 0. The molecule has 152 valence electrons. The number of rotatable bonds is 9. The van der Waals surface area contributed by atoms with Gasteiger partial charge in [0.1, 0.15) is 0 Å². The van der Waals surface area contributed by atoms with Crippen molar-refractivity contribution in [3.05, 3.63) is 0 Å². The van der Waals surface area contributed by atoms with Crippen LogP contribution < -0.4 is 10.6 Å². The minimum Gasteiger partial charge on any atom is -0.382 e. The first-order valence-corrected chi connectivity index (χ1v) is 10.6. The highest BCUT2D eigenvalue weighted by Gasteiger charge is 2.33. The summed E-state index contributed by atoms with van der Waals surface area (Å²) in [4.78, 5) is 9.85. The zero-order valence-electron chi connectivity index (χ0n) is 17.5. The van der Waals surface area contributed by atoms with Crippen LogP contribution in [-0.2, 0) is 4.74 Å². The molecule has 2 N–H and O–H groups in total. The molecule has 1 saturated heterocycles. The molecule has 2 aliphatic rings. The summed E-state index contributed by atoms with van der Waals surface area (Å²) < 4.78 is 5.63. The number of nitrogens with one attached hydrogen (secondary N) is 2. The van der Waals surface area contributed by atoms with E-state index in [0.29, 0.717) is 11.5 Å². The number of hydrogen-bond donors (Lipinski definition) is 2. The third kappa shape index (κ3) is 6.71. The summed E-state index contributed by atoms with van der Waals surface area (Å²) in [7, 11) is 4.44. The van der Waals surface area contributed by atoms with Gasteiger partial charge in [0.25, 0.3) is 0 Å². The molecule has 1 atom stereocenters. The molecule has 2 fully saturated rings. The first-order chi connectivity index (χ1) is 12.6. The lowest BCUT2D eigenvalue weighted by Crippen LogP contribution is -2.55. The highest BCUT2D eigenvalue weighted by Crippen LogP contribution is 2.41. The second kappa shape index (κ2) is 11.1. The Kier molecular flexibility index (Phi) is 9.16.